The molecule has 21 heavy (non-hydrogen) atoms. The molecule has 1 saturated heterocycles. The molecule has 2 rings (SSSR count). The number of benzene rings is 1. The third-order valence-electron chi connectivity index (χ3n) is 3.86. The van der Waals surface area contributed by atoms with Crippen molar-refractivity contribution in [2.75, 3.05) is 19.8 Å². The summed E-state index contributed by atoms with van der Waals surface area (Å²) in [5.74, 6) is 1.44. The van der Waals surface area contributed by atoms with E-state index in [-0.39, 0.29) is 5.91 Å². The largest absolute Gasteiger partial charge is 0.494 e. The Morgan fingerprint density at radius 2 is 2.14 bits per heavy atom. The van der Waals surface area contributed by atoms with E-state index in [0.29, 0.717) is 24.2 Å². The van der Waals surface area contributed by atoms with Crippen molar-refractivity contribution in [1.29, 1.82) is 0 Å². The van der Waals surface area contributed by atoms with Gasteiger partial charge in [-0.1, -0.05) is 0 Å². The lowest BCUT2D eigenvalue weighted by atomic mass is 9.93. The van der Waals surface area contributed by atoms with Crippen LogP contribution < -0.4 is 10.1 Å². The van der Waals surface area contributed by atoms with Gasteiger partial charge in [-0.3, -0.25) is 4.79 Å². The molecule has 1 aliphatic rings. The van der Waals surface area contributed by atoms with Gasteiger partial charge in [0.25, 0.3) is 5.91 Å². The molecular weight excluding hydrogens is 266 g/mol. The van der Waals surface area contributed by atoms with Crippen LogP contribution in [0.25, 0.3) is 0 Å². The third-order valence-corrected chi connectivity index (χ3v) is 3.86. The van der Waals surface area contributed by atoms with Crippen LogP contribution in [0.5, 0.6) is 5.75 Å². The lowest BCUT2D eigenvalue weighted by Crippen LogP contribution is -2.29. The van der Waals surface area contributed by atoms with Crippen LogP contribution in [-0.2, 0) is 4.74 Å². The first-order chi connectivity index (χ1) is 10.2. The Morgan fingerprint density at radius 1 is 1.38 bits per heavy atom. The Kier molecular flexibility index (Phi) is 6.05. The second kappa shape index (κ2) is 8.03. The van der Waals surface area contributed by atoms with E-state index in [1.54, 1.807) is 12.1 Å². The van der Waals surface area contributed by atoms with Crippen LogP contribution in [0, 0.1) is 5.92 Å². The number of rotatable bonds is 6. The average Bonchev–Trinajstić information content (AvgIpc) is 2.48. The van der Waals surface area contributed by atoms with Crippen molar-refractivity contribution in [2.24, 2.45) is 5.92 Å². The van der Waals surface area contributed by atoms with Crippen molar-refractivity contribution in [1.82, 2.24) is 5.32 Å². The fourth-order valence-corrected chi connectivity index (χ4v) is 2.71. The summed E-state index contributed by atoms with van der Waals surface area (Å²) in [5, 5.41) is 2.99. The standard InChI is InChI=1S/C17H25NO3/c1-3-20-16-6-4-15(5-7-16)17(19)18-10-8-14-9-11-21-13(2)12-14/h4-7,13-14H,3,8-12H2,1-2H3,(H,18,19)/t13-,14-/m0/s1. The van der Waals surface area contributed by atoms with Gasteiger partial charge < -0.3 is 14.8 Å². The summed E-state index contributed by atoms with van der Waals surface area (Å²) < 4.78 is 10.9. The first-order valence-electron chi connectivity index (χ1n) is 7.81. The van der Waals surface area contributed by atoms with Crippen molar-refractivity contribution in [2.45, 2.75) is 39.2 Å². The highest BCUT2D eigenvalue weighted by Crippen LogP contribution is 2.22. The number of carbonyl (C=O) groups is 1. The number of amides is 1. The minimum absolute atomic E-state index is 0.0156. The predicted molar refractivity (Wildman–Crippen MR) is 82.7 cm³/mol. The summed E-state index contributed by atoms with van der Waals surface area (Å²) in [7, 11) is 0. The van der Waals surface area contributed by atoms with Crippen LogP contribution >= 0.6 is 0 Å². The van der Waals surface area contributed by atoms with Gasteiger partial charge in [0.05, 0.1) is 12.7 Å². The number of ether oxygens (including phenoxy) is 2. The highest BCUT2D eigenvalue weighted by Gasteiger charge is 2.19. The molecule has 0 aliphatic carbocycles. The maximum atomic E-state index is 12.0. The molecule has 2 atom stereocenters. The molecule has 0 bridgehead atoms. The average molecular weight is 291 g/mol. The van der Waals surface area contributed by atoms with Crippen molar-refractivity contribution in [3.63, 3.8) is 0 Å². The first kappa shape index (κ1) is 15.8. The lowest BCUT2D eigenvalue weighted by Gasteiger charge is -2.27. The van der Waals surface area contributed by atoms with Crippen molar-refractivity contribution in [3.8, 4) is 5.75 Å². The lowest BCUT2D eigenvalue weighted by molar-refractivity contribution is 0.00109. The molecule has 0 radical (unpaired) electrons. The number of hydrogen-bond donors (Lipinski definition) is 1. The molecule has 0 spiro atoms. The second-order valence-corrected chi connectivity index (χ2v) is 5.57. The molecule has 116 valence electrons. The van der Waals surface area contributed by atoms with Crippen LogP contribution in [0.2, 0.25) is 0 Å². The van der Waals surface area contributed by atoms with Gasteiger partial charge in [0.1, 0.15) is 5.75 Å². The monoisotopic (exact) mass is 291 g/mol. The van der Waals surface area contributed by atoms with Crippen molar-refractivity contribution < 1.29 is 14.3 Å². The summed E-state index contributed by atoms with van der Waals surface area (Å²) >= 11 is 0. The third kappa shape index (κ3) is 5.05. The summed E-state index contributed by atoms with van der Waals surface area (Å²) in [6.07, 6.45) is 3.57. The molecule has 4 nitrogen and oxygen atoms in total. The highest BCUT2D eigenvalue weighted by molar-refractivity contribution is 5.94. The van der Waals surface area contributed by atoms with Gasteiger partial charge in [-0.25, -0.2) is 0 Å². The highest BCUT2D eigenvalue weighted by atomic mass is 16.5. The van der Waals surface area contributed by atoms with Crippen LogP contribution in [0.1, 0.15) is 43.5 Å². The molecular formula is C17H25NO3. The summed E-state index contributed by atoms with van der Waals surface area (Å²) in [4.78, 5) is 12.0. The van der Waals surface area contributed by atoms with Gasteiger partial charge >= 0.3 is 0 Å². The van der Waals surface area contributed by atoms with E-state index in [9.17, 15) is 4.79 Å². The fraction of sp³-hybridized carbons (Fsp3) is 0.588. The van der Waals surface area contributed by atoms with Crippen LogP contribution in [0.4, 0.5) is 0 Å². The minimum Gasteiger partial charge on any atom is -0.494 e. The fourth-order valence-electron chi connectivity index (χ4n) is 2.71. The van der Waals surface area contributed by atoms with Gasteiger partial charge in [0.2, 0.25) is 0 Å². The summed E-state index contributed by atoms with van der Waals surface area (Å²) in [5.41, 5.74) is 0.679. The topological polar surface area (TPSA) is 47.6 Å². The molecule has 1 aromatic carbocycles. The molecule has 1 heterocycles. The zero-order valence-corrected chi connectivity index (χ0v) is 12.9. The van der Waals surface area contributed by atoms with Crippen LogP contribution in [0.3, 0.4) is 0 Å². The Balaban J connectivity index is 1.73. The SMILES string of the molecule is CCOc1ccc(C(=O)NCC[C@H]2CCO[C@@H](C)C2)cc1. The van der Waals surface area contributed by atoms with E-state index in [1.165, 1.54) is 0 Å². The molecule has 4 heteroatoms. The zero-order valence-electron chi connectivity index (χ0n) is 12.9. The van der Waals surface area contributed by atoms with Crippen molar-refractivity contribution >= 4 is 5.91 Å². The number of nitrogens with one attached hydrogen (secondary N) is 1. The van der Waals surface area contributed by atoms with Gasteiger partial charge in [-0.15, -0.1) is 0 Å². The van der Waals surface area contributed by atoms with Gasteiger partial charge in [-0.05, 0) is 63.3 Å². The van der Waals surface area contributed by atoms with Gasteiger partial charge in [-0.2, -0.15) is 0 Å². The molecule has 1 N–H and O–H groups in total. The molecule has 0 aromatic heterocycles. The second-order valence-electron chi connectivity index (χ2n) is 5.57. The number of carbonyl (C=O) groups excluding carboxylic acids is 1. The van der Waals surface area contributed by atoms with E-state index in [4.69, 9.17) is 9.47 Å². The van der Waals surface area contributed by atoms with E-state index < -0.39 is 0 Å². The van der Waals surface area contributed by atoms with Crippen LogP contribution in [-0.4, -0.2) is 31.8 Å². The van der Waals surface area contributed by atoms with Gasteiger partial charge in [0.15, 0.2) is 0 Å². The van der Waals surface area contributed by atoms with Gasteiger partial charge in [0, 0.05) is 18.7 Å². The Hall–Kier alpha value is -1.55. The Morgan fingerprint density at radius 3 is 2.81 bits per heavy atom. The van der Waals surface area contributed by atoms with Crippen LogP contribution in [0.15, 0.2) is 24.3 Å². The van der Waals surface area contributed by atoms with E-state index in [2.05, 4.69) is 12.2 Å². The van der Waals surface area contributed by atoms with E-state index >= 15 is 0 Å². The molecule has 1 aliphatic heterocycles. The quantitative estimate of drug-likeness (QED) is 0.876. The molecule has 1 amide bonds. The molecule has 0 unspecified atom stereocenters. The maximum Gasteiger partial charge on any atom is 0.251 e. The summed E-state index contributed by atoms with van der Waals surface area (Å²) in [6.45, 7) is 6.26. The minimum atomic E-state index is -0.0156. The smallest absolute Gasteiger partial charge is 0.251 e. The predicted octanol–water partition coefficient (Wildman–Crippen LogP) is 3.02. The Bertz CT molecular complexity index is 444. The Labute approximate surface area is 126 Å². The van der Waals surface area contributed by atoms with E-state index in [1.807, 2.05) is 19.1 Å². The normalized spacial score (nSPS) is 21.8. The zero-order chi connectivity index (χ0) is 15.1. The number of hydrogen-bond acceptors (Lipinski definition) is 3. The maximum absolute atomic E-state index is 12.0. The van der Waals surface area contributed by atoms with E-state index in [0.717, 1.165) is 38.2 Å². The molecule has 1 fully saturated rings. The molecule has 1 aromatic rings. The summed E-state index contributed by atoms with van der Waals surface area (Å²) in [6, 6.07) is 7.27. The first-order valence-corrected chi connectivity index (χ1v) is 7.81. The molecule has 0 saturated carbocycles. The van der Waals surface area contributed by atoms with Crippen molar-refractivity contribution in [3.05, 3.63) is 29.8 Å².